The second-order valence-electron chi connectivity index (χ2n) is 8.75. The van der Waals surface area contributed by atoms with Gasteiger partial charge in [0.2, 0.25) is 0 Å². The minimum atomic E-state index is -4.20. The van der Waals surface area contributed by atoms with Crippen molar-refractivity contribution in [2.45, 2.75) is 57.3 Å². The number of sulfonamides is 1. The van der Waals surface area contributed by atoms with Crippen molar-refractivity contribution in [3.8, 4) is 5.75 Å². The monoisotopic (exact) mass is 406 g/mol. The van der Waals surface area contributed by atoms with Crippen molar-refractivity contribution in [2.24, 2.45) is 0 Å². The Hall–Kier alpha value is -2.61. The molecule has 0 spiro atoms. The molecule has 0 heterocycles. The SMILES string of the molecule is CC(C)(C)c1cc(NS(=O)(=O)c2ccccc2[N+](=O)[O-])cc(C(C)(C)C)c1O. The number of para-hydroxylation sites is 1. The lowest BCUT2D eigenvalue weighted by Crippen LogP contribution is -2.20. The molecular formula is C20H26N2O5S. The molecule has 2 rings (SSSR count). The molecule has 2 aromatic rings. The van der Waals surface area contributed by atoms with Crippen LogP contribution in [0.2, 0.25) is 0 Å². The van der Waals surface area contributed by atoms with E-state index in [-0.39, 0.29) is 11.4 Å². The average Bonchev–Trinajstić information content (AvgIpc) is 2.54. The van der Waals surface area contributed by atoms with Crippen LogP contribution >= 0.6 is 0 Å². The molecule has 0 fully saturated rings. The second kappa shape index (κ2) is 7.09. The number of anilines is 1. The molecule has 0 radical (unpaired) electrons. The van der Waals surface area contributed by atoms with Crippen LogP contribution in [0.3, 0.4) is 0 Å². The van der Waals surface area contributed by atoms with Gasteiger partial charge in [-0.15, -0.1) is 0 Å². The zero-order valence-electron chi connectivity index (χ0n) is 16.9. The largest absolute Gasteiger partial charge is 0.507 e. The van der Waals surface area contributed by atoms with Crippen molar-refractivity contribution in [1.29, 1.82) is 0 Å². The summed E-state index contributed by atoms with van der Waals surface area (Å²) in [5.74, 6) is 0.119. The molecular weight excluding hydrogens is 380 g/mol. The van der Waals surface area contributed by atoms with Gasteiger partial charge in [0.25, 0.3) is 15.7 Å². The topological polar surface area (TPSA) is 110 Å². The summed E-state index contributed by atoms with van der Waals surface area (Å²) in [6, 6.07) is 8.31. The van der Waals surface area contributed by atoms with Crippen LogP contribution in [0, 0.1) is 10.1 Å². The number of hydrogen-bond acceptors (Lipinski definition) is 5. The maximum atomic E-state index is 12.9. The van der Waals surface area contributed by atoms with E-state index in [1.165, 1.54) is 18.2 Å². The lowest BCUT2D eigenvalue weighted by molar-refractivity contribution is -0.387. The number of phenols is 1. The zero-order chi connectivity index (χ0) is 21.5. The Bertz CT molecular complexity index is 981. The Labute approximate surface area is 165 Å². The third-order valence-electron chi connectivity index (χ3n) is 4.33. The van der Waals surface area contributed by atoms with Crippen LogP contribution in [0.5, 0.6) is 5.75 Å². The van der Waals surface area contributed by atoms with Gasteiger partial charge in [-0.05, 0) is 29.0 Å². The molecule has 0 aliphatic rings. The molecule has 0 aliphatic carbocycles. The molecule has 8 heteroatoms. The number of nitrogens with one attached hydrogen (secondary N) is 1. The van der Waals surface area contributed by atoms with Crippen LogP contribution in [0.15, 0.2) is 41.3 Å². The molecule has 0 aromatic heterocycles. The highest BCUT2D eigenvalue weighted by atomic mass is 32.2. The van der Waals surface area contributed by atoms with E-state index in [1.807, 2.05) is 41.5 Å². The van der Waals surface area contributed by atoms with Crippen molar-refractivity contribution < 1.29 is 18.4 Å². The van der Waals surface area contributed by atoms with Crippen LogP contribution in [0.1, 0.15) is 52.7 Å². The number of nitro benzene ring substituents is 1. The number of aromatic hydroxyl groups is 1. The number of phenolic OH excluding ortho intramolecular Hbond substituents is 1. The number of nitrogens with zero attached hydrogens (tertiary/aromatic N) is 1. The molecule has 28 heavy (non-hydrogen) atoms. The van der Waals surface area contributed by atoms with E-state index < -0.39 is 36.4 Å². The third kappa shape index (κ3) is 4.44. The van der Waals surface area contributed by atoms with Gasteiger partial charge in [-0.1, -0.05) is 53.7 Å². The predicted molar refractivity (Wildman–Crippen MR) is 109 cm³/mol. The van der Waals surface area contributed by atoms with Gasteiger partial charge in [-0.25, -0.2) is 8.42 Å². The molecule has 0 aliphatic heterocycles. The maximum absolute atomic E-state index is 12.9. The van der Waals surface area contributed by atoms with Gasteiger partial charge in [-0.3, -0.25) is 14.8 Å². The molecule has 0 bridgehead atoms. The van der Waals surface area contributed by atoms with Crippen LogP contribution in [-0.4, -0.2) is 18.4 Å². The Balaban J connectivity index is 2.65. The summed E-state index contributed by atoms with van der Waals surface area (Å²) >= 11 is 0. The minimum Gasteiger partial charge on any atom is -0.507 e. The molecule has 152 valence electrons. The van der Waals surface area contributed by atoms with Gasteiger partial charge in [0.1, 0.15) is 5.75 Å². The highest BCUT2D eigenvalue weighted by Crippen LogP contribution is 2.41. The smallest absolute Gasteiger partial charge is 0.289 e. The number of hydrogen-bond donors (Lipinski definition) is 2. The molecule has 7 nitrogen and oxygen atoms in total. The van der Waals surface area contributed by atoms with E-state index in [2.05, 4.69) is 4.72 Å². The van der Waals surface area contributed by atoms with E-state index in [4.69, 9.17) is 0 Å². The molecule has 0 amide bonds. The van der Waals surface area contributed by atoms with Crippen LogP contribution in [0.25, 0.3) is 0 Å². The van der Waals surface area contributed by atoms with Gasteiger partial charge in [0, 0.05) is 22.9 Å². The van der Waals surface area contributed by atoms with E-state index in [0.717, 1.165) is 6.07 Å². The van der Waals surface area contributed by atoms with E-state index >= 15 is 0 Å². The predicted octanol–water partition coefficient (Wildman–Crippen LogP) is 4.70. The van der Waals surface area contributed by atoms with E-state index in [1.54, 1.807) is 12.1 Å². The van der Waals surface area contributed by atoms with Crippen LogP contribution in [-0.2, 0) is 20.9 Å². The van der Waals surface area contributed by atoms with Gasteiger partial charge in [0.05, 0.1) is 4.92 Å². The van der Waals surface area contributed by atoms with Crippen molar-refractivity contribution in [3.05, 3.63) is 57.6 Å². The lowest BCUT2D eigenvalue weighted by Gasteiger charge is -2.28. The standard InChI is InChI=1S/C20H26N2O5S/c1-19(2,3)14-11-13(12-15(18(14)23)20(4,5)6)21-28(26,27)17-10-8-7-9-16(17)22(24)25/h7-12,21,23H,1-6H3. The summed E-state index contributed by atoms with van der Waals surface area (Å²) < 4.78 is 28.2. The molecule has 2 N–H and O–H groups in total. The summed E-state index contributed by atoms with van der Waals surface area (Å²) in [6.45, 7) is 11.5. The fourth-order valence-electron chi connectivity index (χ4n) is 2.88. The average molecular weight is 407 g/mol. The summed E-state index contributed by atoms with van der Waals surface area (Å²) in [7, 11) is -4.20. The highest BCUT2D eigenvalue weighted by Gasteiger charge is 2.29. The zero-order valence-corrected chi connectivity index (χ0v) is 17.7. The quantitative estimate of drug-likeness (QED) is 0.435. The second-order valence-corrected chi connectivity index (χ2v) is 10.4. The van der Waals surface area contributed by atoms with E-state index in [0.29, 0.717) is 11.1 Å². The first-order valence-corrected chi connectivity index (χ1v) is 10.3. The number of benzene rings is 2. The summed E-state index contributed by atoms with van der Waals surface area (Å²) in [5, 5.41) is 22.0. The summed E-state index contributed by atoms with van der Waals surface area (Å²) in [5.41, 5.74) is 0.0289. The maximum Gasteiger partial charge on any atom is 0.289 e. The van der Waals surface area contributed by atoms with Gasteiger partial charge >= 0.3 is 0 Å². The van der Waals surface area contributed by atoms with Gasteiger partial charge in [0.15, 0.2) is 4.90 Å². The Kier molecular flexibility index (Phi) is 5.49. The number of rotatable bonds is 4. The first-order chi connectivity index (χ1) is 12.6. The normalized spacial score (nSPS) is 12.6. The van der Waals surface area contributed by atoms with Crippen molar-refractivity contribution in [2.75, 3.05) is 4.72 Å². The summed E-state index contributed by atoms with van der Waals surface area (Å²) in [6.07, 6.45) is 0. The molecule has 0 unspecified atom stereocenters. The fourth-order valence-corrected chi connectivity index (χ4v) is 4.10. The van der Waals surface area contributed by atoms with Crippen LogP contribution < -0.4 is 4.72 Å². The first-order valence-electron chi connectivity index (χ1n) is 8.79. The lowest BCUT2D eigenvalue weighted by atomic mass is 9.79. The fraction of sp³-hybridized carbons (Fsp3) is 0.400. The highest BCUT2D eigenvalue weighted by molar-refractivity contribution is 7.92. The molecule has 2 aromatic carbocycles. The summed E-state index contributed by atoms with van der Waals surface area (Å²) in [4.78, 5) is 10.1. The van der Waals surface area contributed by atoms with Gasteiger partial charge in [-0.2, -0.15) is 0 Å². The molecule has 0 saturated carbocycles. The van der Waals surface area contributed by atoms with Gasteiger partial charge < -0.3 is 5.11 Å². The van der Waals surface area contributed by atoms with Crippen LogP contribution in [0.4, 0.5) is 11.4 Å². The first kappa shape index (κ1) is 21.7. The Morgan fingerprint density at radius 1 is 0.964 bits per heavy atom. The number of nitro groups is 1. The minimum absolute atomic E-state index is 0.119. The Morgan fingerprint density at radius 3 is 1.86 bits per heavy atom. The van der Waals surface area contributed by atoms with Crippen molar-refractivity contribution in [1.82, 2.24) is 0 Å². The van der Waals surface area contributed by atoms with Crippen molar-refractivity contribution in [3.63, 3.8) is 0 Å². The van der Waals surface area contributed by atoms with Crippen molar-refractivity contribution >= 4 is 21.4 Å². The third-order valence-corrected chi connectivity index (χ3v) is 5.76. The molecule has 0 saturated heterocycles. The Morgan fingerprint density at radius 2 is 1.43 bits per heavy atom. The van der Waals surface area contributed by atoms with E-state index in [9.17, 15) is 23.6 Å². The molecule has 0 atom stereocenters.